The normalized spacial score (nSPS) is 42.0. The first kappa shape index (κ1) is 18.0. The number of allylic oxidation sites excluding steroid dienone is 1. The lowest BCUT2D eigenvalue weighted by atomic mass is 9.44. The Morgan fingerprint density at radius 2 is 1.86 bits per heavy atom. The van der Waals surface area contributed by atoms with Crippen molar-refractivity contribution >= 4 is 0 Å². The van der Waals surface area contributed by atoms with Gasteiger partial charge >= 0.3 is 0 Å². The first-order chi connectivity index (χ1) is 10.2. The van der Waals surface area contributed by atoms with Crippen LogP contribution in [-0.2, 0) is 0 Å². The fourth-order valence-electron chi connectivity index (χ4n) is 5.75. The number of hydrogen-bond donors (Lipinski definition) is 2. The molecular formula is C20H36O2. The Morgan fingerprint density at radius 3 is 2.50 bits per heavy atom. The highest BCUT2D eigenvalue weighted by molar-refractivity contribution is 5.12. The molecule has 2 saturated carbocycles. The van der Waals surface area contributed by atoms with E-state index in [4.69, 9.17) is 5.11 Å². The summed E-state index contributed by atoms with van der Waals surface area (Å²) in [4.78, 5) is 0. The van der Waals surface area contributed by atoms with Gasteiger partial charge in [0.25, 0.3) is 0 Å². The van der Waals surface area contributed by atoms with Crippen molar-refractivity contribution < 1.29 is 10.2 Å². The van der Waals surface area contributed by atoms with Crippen molar-refractivity contribution in [3.63, 3.8) is 0 Å². The summed E-state index contributed by atoms with van der Waals surface area (Å²) in [6.45, 7) is 11.6. The Labute approximate surface area is 137 Å². The highest BCUT2D eigenvalue weighted by atomic mass is 16.3. The summed E-state index contributed by atoms with van der Waals surface area (Å²) in [6.07, 6.45) is 9.69. The van der Waals surface area contributed by atoms with E-state index in [9.17, 15) is 5.11 Å². The lowest BCUT2D eigenvalue weighted by Gasteiger charge is -2.63. The molecule has 4 atom stereocenters. The third kappa shape index (κ3) is 2.89. The van der Waals surface area contributed by atoms with Crippen LogP contribution in [-0.4, -0.2) is 22.4 Å². The molecule has 128 valence electrons. The van der Waals surface area contributed by atoms with Gasteiger partial charge in [-0.25, -0.2) is 0 Å². The van der Waals surface area contributed by atoms with Gasteiger partial charge in [-0.05, 0) is 68.1 Å². The summed E-state index contributed by atoms with van der Waals surface area (Å²) in [6, 6.07) is 0. The van der Waals surface area contributed by atoms with Crippen molar-refractivity contribution in [3.05, 3.63) is 11.6 Å². The molecule has 0 heterocycles. The van der Waals surface area contributed by atoms with Crippen LogP contribution < -0.4 is 0 Å². The summed E-state index contributed by atoms with van der Waals surface area (Å²) in [5.74, 6) is 0.988. The van der Waals surface area contributed by atoms with Crippen molar-refractivity contribution in [2.24, 2.45) is 22.7 Å². The molecule has 1 unspecified atom stereocenters. The Kier molecular flexibility index (Phi) is 5.14. The quantitative estimate of drug-likeness (QED) is 0.739. The average Bonchev–Trinajstić information content (AvgIpc) is 2.42. The molecule has 0 spiro atoms. The smallest absolute Gasteiger partial charge is 0.0732 e. The molecule has 2 heteroatoms. The molecule has 22 heavy (non-hydrogen) atoms. The first-order valence-electron chi connectivity index (χ1n) is 9.16. The Bertz CT molecular complexity index is 425. The van der Waals surface area contributed by atoms with Crippen LogP contribution >= 0.6 is 0 Å². The largest absolute Gasteiger partial charge is 0.392 e. The van der Waals surface area contributed by atoms with Crippen molar-refractivity contribution in [1.82, 2.24) is 0 Å². The number of aliphatic hydroxyl groups is 2. The van der Waals surface area contributed by atoms with E-state index in [1.807, 2.05) is 6.08 Å². The molecule has 0 aliphatic heterocycles. The third-order valence-corrected chi connectivity index (χ3v) is 7.26. The van der Waals surface area contributed by atoms with Gasteiger partial charge in [0, 0.05) is 0 Å². The molecule has 2 rings (SSSR count). The Hall–Kier alpha value is -0.340. The topological polar surface area (TPSA) is 40.5 Å². The number of hydrogen-bond acceptors (Lipinski definition) is 2. The summed E-state index contributed by atoms with van der Waals surface area (Å²) in [5, 5.41) is 20.8. The van der Waals surface area contributed by atoms with Gasteiger partial charge in [0.1, 0.15) is 0 Å². The van der Waals surface area contributed by atoms with Crippen molar-refractivity contribution in [3.8, 4) is 0 Å². The van der Waals surface area contributed by atoms with Crippen molar-refractivity contribution in [1.29, 1.82) is 0 Å². The molecule has 0 radical (unpaired) electrons. The zero-order valence-corrected chi connectivity index (χ0v) is 15.3. The van der Waals surface area contributed by atoms with Crippen molar-refractivity contribution in [2.75, 3.05) is 6.61 Å². The monoisotopic (exact) mass is 308 g/mol. The highest BCUT2D eigenvalue weighted by Crippen LogP contribution is 2.63. The molecule has 0 aromatic heterocycles. The van der Waals surface area contributed by atoms with E-state index in [1.54, 1.807) is 0 Å². The minimum Gasteiger partial charge on any atom is -0.392 e. The second-order valence-electron chi connectivity index (χ2n) is 8.95. The van der Waals surface area contributed by atoms with E-state index in [0.29, 0.717) is 17.3 Å². The summed E-state index contributed by atoms with van der Waals surface area (Å²) >= 11 is 0. The zero-order valence-electron chi connectivity index (χ0n) is 15.3. The SMILES string of the molecule is C/C(=C\CO)CC[C@@]1(O)C(C)CC[C@H]2C(C)(C)CCC[C@@]21C. The maximum absolute atomic E-state index is 11.8. The Morgan fingerprint density at radius 1 is 1.18 bits per heavy atom. The zero-order chi connectivity index (χ0) is 16.6. The average molecular weight is 309 g/mol. The molecule has 0 bridgehead atoms. The molecule has 2 N–H and O–H groups in total. The van der Waals surface area contributed by atoms with Gasteiger partial charge in [0.05, 0.1) is 12.2 Å². The second-order valence-corrected chi connectivity index (χ2v) is 8.95. The summed E-state index contributed by atoms with van der Waals surface area (Å²) in [5.41, 5.74) is 1.00. The van der Waals surface area contributed by atoms with Crippen LogP contribution in [0.5, 0.6) is 0 Å². The standard InChI is InChI=1S/C20H36O2/c1-15(10-14-21)9-13-20(22)16(2)7-8-17-18(3,4)11-6-12-19(17,20)5/h10,16-17,21-22H,6-9,11-14H2,1-5H3/b15-10+/t16?,17-,19-,20+/m0/s1. The summed E-state index contributed by atoms with van der Waals surface area (Å²) < 4.78 is 0. The third-order valence-electron chi connectivity index (χ3n) is 7.26. The lowest BCUT2D eigenvalue weighted by Crippen LogP contribution is -2.62. The van der Waals surface area contributed by atoms with Crippen molar-refractivity contribution in [2.45, 2.75) is 85.2 Å². The van der Waals surface area contributed by atoms with Gasteiger partial charge in [-0.3, -0.25) is 0 Å². The maximum Gasteiger partial charge on any atom is 0.0732 e. The molecule has 0 saturated heterocycles. The maximum atomic E-state index is 11.8. The molecule has 0 aromatic carbocycles. The lowest BCUT2D eigenvalue weighted by molar-refractivity contribution is -0.211. The molecule has 2 fully saturated rings. The molecule has 2 aliphatic carbocycles. The van der Waals surface area contributed by atoms with Crippen LogP contribution in [0.25, 0.3) is 0 Å². The molecular weight excluding hydrogens is 272 g/mol. The van der Waals surface area contributed by atoms with Crippen LogP contribution in [0.4, 0.5) is 0 Å². The number of aliphatic hydroxyl groups excluding tert-OH is 1. The van der Waals surface area contributed by atoms with Crippen LogP contribution in [0.3, 0.4) is 0 Å². The van der Waals surface area contributed by atoms with E-state index < -0.39 is 5.60 Å². The van der Waals surface area contributed by atoms with Crippen LogP contribution in [0.2, 0.25) is 0 Å². The molecule has 0 aromatic rings. The van der Waals surface area contributed by atoms with E-state index in [1.165, 1.54) is 24.8 Å². The molecule has 0 amide bonds. The predicted octanol–water partition coefficient (Wildman–Crippen LogP) is 4.70. The van der Waals surface area contributed by atoms with Gasteiger partial charge in [0.2, 0.25) is 0 Å². The van der Waals surface area contributed by atoms with E-state index >= 15 is 0 Å². The van der Waals surface area contributed by atoms with Crippen LogP contribution in [0.1, 0.15) is 79.6 Å². The van der Waals surface area contributed by atoms with E-state index in [-0.39, 0.29) is 12.0 Å². The fraction of sp³-hybridized carbons (Fsp3) is 0.900. The number of rotatable bonds is 4. The minimum atomic E-state index is -0.571. The van der Waals surface area contributed by atoms with Crippen LogP contribution in [0.15, 0.2) is 11.6 Å². The highest BCUT2D eigenvalue weighted by Gasteiger charge is 2.60. The molecule has 2 nitrogen and oxygen atoms in total. The Balaban J connectivity index is 2.28. The van der Waals surface area contributed by atoms with Gasteiger partial charge in [-0.1, -0.05) is 45.8 Å². The fourth-order valence-corrected chi connectivity index (χ4v) is 5.75. The summed E-state index contributed by atoms with van der Waals surface area (Å²) in [7, 11) is 0. The van der Waals surface area contributed by atoms with E-state index in [0.717, 1.165) is 25.7 Å². The van der Waals surface area contributed by atoms with Gasteiger partial charge in [0.15, 0.2) is 0 Å². The van der Waals surface area contributed by atoms with Gasteiger partial charge in [-0.2, -0.15) is 0 Å². The van der Waals surface area contributed by atoms with Crippen LogP contribution in [0, 0.1) is 22.7 Å². The minimum absolute atomic E-state index is 0.0336. The van der Waals surface area contributed by atoms with Gasteiger partial charge < -0.3 is 10.2 Å². The first-order valence-corrected chi connectivity index (χ1v) is 9.16. The van der Waals surface area contributed by atoms with E-state index in [2.05, 4.69) is 34.6 Å². The second kappa shape index (κ2) is 6.28. The predicted molar refractivity (Wildman–Crippen MR) is 92.7 cm³/mol. The number of fused-ring (bicyclic) bond motifs is 1. The van der Waals surface area contributed by atoms with Gasteiger partial charge in [-0.15, -0.1) is 0 Å². The molecule has 2 aliphatic rings.